The molecule has 0 saturated carbocycles. The van der Waals surface area contributed by atoms with E-state index in [1.807, 2.05) is 6.92 Å². The van der Waals surface area contributed by atoms with Crippen molar-refractivity contribution in [3.8, 4) is 11.5 Å². The van der Waals surface area contributed by atoms with Crippen molar-refractivity contribution in [3.63, 3.8) is 0 Å². The first-order valence-corrected chi connectivity index (χ1v) is 18.0. The quantitative estimate of drug-likeness (QED) is 0.111. The molecule has 0 bridgehead atoms. The van der Waals surface area contributed by atoms with Crippen LogP contribution in [0.2, 0.25) is 0 Å². The van der Waals surface area contributed by atoms with E-state index >= 15 is 0 Å². The molecule has 2 heterocycles. The minimum absolute atomic E-state index is 0.0647. The number of halogens is 6. The molecule has 10 nitrogen and oxygen atoms in total. The van der Waals surface area contributed by atoms with Gasteiger partial charge in [-0.3, -0.25) is 28.3 Å². The first-order chi connectivity index (χ1) is 27.4. The van der Waals surface area contributed by atoms with E-state index in [9.17, 15) is 55.7 Å². The number of amides is 2. The first kappa shape index (κ1) is 42.6. The van der Waals surface area contributed by atoms with E-state index < -0.39 is 58.2 Å². The Labute approximate surface area is 327 Å². The second-order valence-corrected chi connectivity index (χ2v) is 13.7. The number of carbonyl (C=O) groups is 4. The van der Waals surface area contributed by atoms with Crippen LogP contribution in [0.4, 0.5) is 26.3 Å². The van der Waals surface area contributed by atoms with Gasteiger partial charge < -0.3 is 20.8 Å². The van der Waals surface area contributed by atoms with Crippen molar-refractivity contribution in [1.82, 2.24) is 19.8 Å². The van der Waals surface area contributed by atoms with Crippen LogP contribution in [0.25, 0.3) is 21.8 Å². The molecule has 0 fully saturated rings. The van der Waals surface area contributed by atoms with Crippen LogP contribution in [0.5, 0.6) is 11.5 Å². The average molecular weight is 809 g/mol. The second kappa shape index (κ2) is 17.3. The summed E-state index contributed by atoms with van der Waals surface area (Å²) >= 11 is 0. The van der Waals surface area contributed by atoms with Crippen LogP contribution in [-0.4, -0.2) is 55.6 Å². The number of hydrogen-bond donors (Lipinski definition) is 4. The lowest BCUT2D eigenvalue weighted by Crippen LogP contribution is -2.31. The molecule has 0 spiro atoms. The molecule has 2 amide bonds. The zero-order valence-electron chi connectivity index (χ0n) is 31.9. The van der Waals surface area contributed by atoms with E-state index in [0.717, 1.165) is 64.1 Å². The Bertz CT molecular complexity index is 2620. The fourth-order valence-corrected chi connectivity index (χ4v) is 6.54. The SMILES string of the molecule is CCCNC(=O)Cc1c(C)n(C(=O)c2ccc(F)c(F)c2)c2ccc(O)c(F)c12.Cc1c(CC(=O)NC(C)C)c2c(F)c(O)ccc2n1C(=O)c1ccc(F)c(F)c1. The number of aromatic hydroxyl groups is 2. The highest BCUT2D eigenvalue weighted by Gasteiger charge is 2.27. The Hall–Kier alpha value is -6.58. The van der Waals surface area contributed by atoms with Crippen molar-refractivity contribution in [3.05, 3.63) is 129 Å². The third-order valence-electron chi connectivity index (χ3n) is 9.26. The van der Waals surface area contributed by atoms with Crippen LogP contribution in [0, 0.1) is 48.8 Å². The van der Waals surface area contributed by atoms with Gasteiger partial charge in [0.1, 0.15) is 0 Å². The third-order valence-corrected chi connectivity index (χ3v) is 9.26. The molecule has 2 aromatic heterocycles. The molecule has 6 aromatic rings. The molecule has 0 radical (unpaired) electrons. The van der Waals surface area contributed by atoms with E-state index in [-0.39, 0.29) is 86.1 Å². The van der Waals surface area contributed by atoms with Gasteiger partial charge in [-0.05, 0) is 106 Å². The molecule has 0 saturated heterocycles. The van der Waals surface area contributed by atoms with Crippen molar-refractivity contribution in [2.24, 2.45) is 0 Å². The van der Waals surface area contributed by atoms with Crippen LogP contribution >= 0.6 is 0 Å². The number of carbonyl (C=O) groups excluding carboxylic acids is 4. The van der Waals surface area contributed by atoms with E-state index in [4.69, 9.17) is 0 Å². The molecular weight excluding hydrogens is 770 g/mol. The summed E-state index contributed by atoms with van der Waals surface area (Å²) < 4.78 is 85.4. The highest BCUT2D eigenvalue weighted by molar-refractivity contribution is 6.06. The summed E-state index contributed by atoms with van der Waals surface area (Å²) in [5.41, 5.74) is 0.935. The predicted octanol–water partition coefficient (Wildman–Crippen LogP) is 7.66. The lowest BCUT2D eigenvalue weighted by molar-refractivity contribution is -0.121. The standard InChI is InChI=1S/2C21H19F3N2O3/c1-10(2)25-18(28)9-13-11(3)26(16-6-7-17(27)20(24)19(13)16)21(29)12-4-5-14(22)15(23)8-12;1-3-8-25-18(28)10-13-11(2)26(16-6-7-17(27)20(24)19(13)16)21(29)12-4-5-14(22)15(23)9-12/h4-8,10,27H,9H2,1-3H3,(H,25,28);4-7,9,27H,3,8,10H2,1-2H3,(H,25,28). The Morgan fingerprint density at radius 1 is 0.621 bits per heavy atom. The van der Waals surface area contributed by atoms with Crippen LogP contribution in [0.15, 0.2) is 60.7 Å². The highest BCUT2D eigenvalue weighted by atomic mass is 19.2. The number of nitrogens with zero attached hydrogens (tertiary/aromatic N) is 2. The van der Waals surface area contributed by atoms with Crippen molar-refractivity contribution in [2.75, 3.05) is 6.54 Å². The second-order valence-electron chi connectivity index (χ2n) is 13.7. The van der Waals surface area contributed by atoms with E-state index in [1.54, 1.807) is 13.8 Å². The maximum atomic E-state index is 14.7. The van der Waals surface area contributed by atoms with Gasteiger partial charge in [0.25, 0.3) is 11.8 Å². The van der Waals surface area contributed by atoms with Crippen LogP contribution in [-0.2, 0) is 22.4 Å². The number of phenolic OH excluding ortho intramolecular Hbond substituents is 2. The number of fused-ring (bicyclic) bond motifs is 2. The maximum absolute atomic E-state index is 14.7. The molecule has 0 unspecified atom stereocenters. The molecule has 0 aliphatic carbocycles. The van der Waals surface area contributed by atoms with E-state index in [0.29, 0.717) is 6.54 Å². The number of rotatable bonds is 9. The Morgan fingerprint density at radius 3 is 1.41 bits per heavy atom. The zero-order chi connectivity index (χ0) is 42.7. The highest BCUT2D eigenvalue weighted by Crippen LogP contribution is 2.35. The number of aromatic nitrogens is 2. The molecule has 0 atom stereocenters. The number of benzene rings is 4. The van der Waals surface area contributed by atoms with Crippen molar-refractivity contribution >= 4 is 45.4 Å². The fourth-order valence-electron chi connectivity index (χ4n) is 6.54. The molecule has 58 heavy (non-hydrogen) atoms. The largest absolute Gasteiger partial charge is 0.505 e. The average Bonchev–Trinajstić information content (AvgIpc) is 3.61. The minimum atomic E-state index is -1.19. The minimum Gasteiger partial charge on any atom is -0.505 e. The molecule has 16 heteroatoms. The van der Waals surface area contributed by atoms with Crippen LogP contribution < -0.4 is 10.6 Å². The van der Waals surface area contributed by atoms with Gasteiger partial charge in [-0.25, -0.2) is 26.3 Å². The molecule has 6 rings (SSSR count). The van der Waals surface area contributed by atoms with Gasteiger partial charge >= 0.3 is 0 Å². The molecule has 4 N–H and O–H groups in total. The lowest BCUT2D eigenvalue weighted by Gasteiger charge is -2.09. The van der Waals surface area contributed by atoms with Gasteiger partial charge in [-0.1, -0.05) is 6.92 Å². The van der Waals surface area contributed by atoms with E-state index in [2.05, 4.69) is 10.6 Å². The van der Waals surface area contributed by atoms with Crippen LogP contribution in [0.3, 0.4) is 0 Å². The summed E-state index contributed by atoms with van der Waals surface area (Å²) in [5, 5.41) is 24.8. The Kier molecular flexibility index (Phi) is 12.7. The number of hydrogen-bond acceptors (Lipinski definition) is 6. The van der Waals surface area contributed by atoms with Gasteiger partial charge in [0.2, 0.25) is 11.8 Å². The zero-order valence-corrected chi connectivity index (χ0v) is 31.9. The van der Waals surface area contributed by atoms with Crippen LogP contribution in [0.1, 0.15) is 70.4 Å². The van der Waals surface area contributed by atoms with Crippen molar-refractivity contribution in [2.45, 2.75) is 59.9 Å². The summed E-state index contributed by atoms with van der Waals surface area (Å²) in [5.74, 6) is -9.91. The summed E-state index contributed by atoms with van der Waals surface area (Å²) in [7, 11) is 0. The summed E-state index contributed by atoms with van der Waals surface area (Å²) in [6, 6.07) is 10.1. The van der Waals surface area contributed by atoms with Gasteiger partial charge in [0.05, 0.1) is 23.9 Å². The molecular formula is C42H38F6N4O6. The van der Waals surface area contributed by atoms with Gasteiger partial charge in [-0.2, -0.15) is 0 Å². The van der Waals surface area contributed by atoms with Crippen molar-refractivity contribution < 1.29 is 55.7 Å². The maximum Gasteiger partial charge on any atom is 0.262 e. The van der Waals surface area contributed by atoms with Gasteiger partial charge in [-0.15, -0.1) is 0 Å². The number of phenols is 2. The normalized spacial score (nSPS) is 11.2. The van der Waals surface area contributed by atoms with E-state index in [1.165, 1.54) is 26.0 Å². The topological polar surface area (TPSA) is 143 Å². The van der Waals surface area contributed by atoms with Gasteiger partial charge in [0, 0.05) is 45.9 Å². The smallest absolute Gasteiger partial charge is 0.262 e. The predicted molar refractivity (Wildman–Crippen MR) is 203 cm³/mol. The molecule has 0 aliphatic rings. The van der Waals surface area contributed by atoms with Crippen molar-refractivity contribution in [1.29, 1.82) is 0 Å². The third kappa shape index (κ3) is 8.40. The summed E-state index contributed by atoms with van der Waals surface area (Å²) in [6.45, 7) is 8.91. The number of nitrogens with one attached hydrogen (secondary N) is 2. The Morgan fingerprint density at radius 2 is 1.03 bits per heavy atom. The molecule has 0 aliphatic heterocycles. The summed E-state index contributed by atoms with van der Waals surface area (Å²) in [4.78, 5) is 50.5. The van der Waals surface area contributed by atoms with Gasteiger partial charge in [0.15, 0.2) is 46.4 Å². The lowest BCUT2D eigenvalue weighted by atomic mass is 10.1. The fraction of sp³-hybridized carbons (Fsp3) is 0.238. The molecule has 304 valence electrons. The first-order valence-electron chi connectivity index (χ1n) is 18.0. The summed E-state index contributed by atoms with van der Waals surface area (Å²) in [6.07, 6.45) is 0.288. The molecule has 4 aromatic carbocycles. The Balaban J connectivity index is 0.000000221. The monoisotopic (exact) mass is 808 g/mol.